The lowest BCUT2D eigenvalue weighted by Crippen LogP contribution is -2.31. The normalized spacial score (nSPS) is 11.1. The summed E-state index contributed by atoms with van der Waals surface area (Å²) in [7, 11) is 0. The number of aryl methyl sites for hydroxylation is 1. The molecule has 5 rings (SSSR count). The summed E-state index contributed by atoms with van der Waals surface area (Å²) in [6.45, 7) is 1.93. The number of hydrogen-bond acceptors (Lipinski definition) is 6. The van der Waals surface area contributed by atoms with Crippen LogP contribution in [0.4, 0.5) is 5.13 Å². The van der Waals surface area contributed by atoms with Crippen LogP contribution < -0.4 is 4.90 Å². The molecule has 0 radical (unpaired) electrons. The maximum absolute atomic E-state index is 14.0. The average molecular weight is 495 g/mol. The van der Waals surface area contributed by atoms with Gasteiger partial charge in [-0.3, -0.25) is 14.7 Å². The number of nitrogens with zero attached hydrogens (tertiary/aromatic N) is 4. The number of carbonyl (C=O) groups excluding carboxylic acids is 1. The van der Waals surface area contributed by atoms with Crippen molar-refractivity contribution in [1.82, 2.24) is 15.1 Å². The highest BCUT2D eigenvalue weighted by molar-refractivity contribution is 7.22. The Labute approximate surface area is 203 Å². The molecule has 1 amide bonds. The molecule has 0 spiro atoms. The first-order valence-corrected chi connectivity index (χ1v) is 11.6. The number of amides is 1. The molecule has 0 aliphatic carbocycles. The van der Waals surface area contributed by atoms with Crippen molar-refractivity contribution in [2.45, 2.75) is 13.5 Å². The SMILES string of the molecule is Cc1onc(-c2ccccc2Cl)c1C(=O)N(Cc1ccccn1)c1nc2ccc(Cl)cc2s1. The first-order chi connectivity index (χ1) is 16.0. The van der Waals surface area contributed by atoms with Gasteiger partial charge in [-0.15, -0.1) is 0 Å². The Balaban J connectivity index is 1.63. The molecule has 0 fully saturated rings. The van der Waals surface area contributed by atoms with Gasteiger partial charge in [0.05, 0.1) is 27.5 Å². The van der Waals surface area contributed by atoms with Gasteiger partial charge in [-0.1, -0.05) is 64.0 Å². The van der Waals surface area contributed by atoms with E-state index in [2.05, 4.69) is 10.1 Å². The number of carbonyl (C=O) groups is 1. The summed E-state index contributed by atoms with van der Waals surface area (Å²) < 4.78 is 6.31. The van der Waals surface area contributed by atoms with E-state index in [1.165, 1.54) is 11.3 Å². The van der Waals surface area contributed by atoms with Crippen molar-refractivity contribution in [1.29, 1.82) is 0 Å². The standard InChI is InChI=1S/C24H16Cl2N4O2S/c1-14-21(22(29-32-14)17-7-2-3-8-18(17)26)23(31)30(13-16-6-4-5-11-27-16)24-28-19-10-9-15(25)12-20(19)33-24/h2-12H,13H2,1H3. The van der Waals surface area contributed by atoms with Crippen molar-refractivity contribution in [3.8, 4) is 11.3 Å². The van der Waals surface area contributed by atoms with Crippen LogP contribution in [0.5, 0.6) is 0 Å². The molecule has 0 N–H and O–H groups in total. The summed E-state index contributed by atoms with van der Waals surface area (Å²) in [6.07, 6.45) is 1.69. The number of benzene rings is 2. The second-order valence-corrected chi connectivity index (χ2v) is 9.12. The van der Waals surface area contributed by atoms with Crippen LogP contribution >= 0.6 is 34.5 Å². The van der Waals surface area contributed by atoms with Crippen LogP contribution in [-0.2, 0) is 6.54 Å². The van der Waals surface area contributed by atoms with Crippen LogP contribution in [0.3, 0.4) is 0 Å². The molecule has 0 atom stereocenters. The second-order valence-electron chi connectivity index (χ2n) is 7.26. The van der Waals surface area contributed by atoms with Gasteiger partial charge in [0.1, 0.15) is 17.0 Å². The fourth-order valence-electron chi connectivity index (χ4n) is 3.48. The third kappa shape index (κ3) is 4.23. The third-order valence-electron chi connectivity index (χ3n) is 5.07. The zero-order valence-electron chi connectivity index (χ0n) is 17.3. The fourth-order valence-corrected chi connectivity index (χ4v) is 4.94. The Morgan fingerprint density at radius 3 is 2.70 bits per heavy atom. The number of aromatic nitrogens is 3. The highest BCUT2D eigenvalue weighted by Crippen LogP contribution is 2.36. The molecule has 5 aromatic rings. The number of halogens is 2. The Morgan fingerprint density at radius 1 is 1.09 bits per heavy atom. The van der Waals surface area contributed by atoms with Crippen molar-refractivity contribution in [2.24, 2.45) is 0 Å². The zero-order chi connectivity index (χ0) is 22.9. The highest BCUT2D eigenvalue weighted by Gasteiger charge is 2.30. The number of anilines is 1. The van der Waals surface area contributed by atoms with E-state index in [0.29, 0.717) is 37.8 Å². The minimum absolute atomic E-state index is 0.222. The number of pyridine rings is 1. The Bertz CT molecular complexity index is 1470. The highest BCUT2D eigenvalue weighted by atomic mass is 35.5. The van der Waals surface area contributed by atoms with Gasteiger partial charge in [0.25, 0.3) is 5.91 Å². The smallest absolute Gasteiger partial charge is 0.266 e. The molecule has 6 nitrogen and oxygen atoms in total. The summed E-state index contributed by atoms with van der Waals surface area (Å²) in [5.74, 6) is 0.0876. The molecule has 0 aliphatic rings. The minimum atomic E-state index is -0.306. The van der Waals surface area contributed by atoms with Crippen LogP contribution in [0, 0.1) is 6.92 Å². The van der Waals surface area contributed by atoms with Gasteiger partial charge < -0.3 is 4.52 Å². The van der Waals surface area contributed by atoms with Gasteiger partial charge in [-0.25, -0.2) is 4.98 Å². The summed E-state index contributed by atoms with van der Waals surface area (Å²) >= 11 is 13.9. The van der Waals surface area contributed by atoms with E-state index >= 15 is 0 Å². The molecule has 0 unspecified atom stereocenters. The topological polar surface area (TPSA) is 72.1 Å². The number of rotatable bonds is 5. The predicted molar refractivity (Wildman–Crippen MR) is 131 cm³/mol. The summed E-state index contributed by atoms with van der Waals surface area (Å²) in [5.41, 5.74) is 2.81. The van der Waals surface area contributed by atoms with Crippen molar-refractivity contribution in [3.63, 3.8) is 0 Å². The minimum Gasteiger partial charge on any atom is -0.360 e. The van der Waals surface area contributed by atoms with Crippen LogP contribution in [0.2, 0.25) is 10.0 Å². The van der Waals surface area contributed by atoms with Crippen LogP contribution in [0.15, 0.2) is 71.4 Å². The van der Waals surface area contributed by atoms with Gasteiger partial charge in [0.2, 0.25) is 0 Å². The van der Waals surface area contributed by atoms with Crippen LogP contribution in [-0.4, -0.2) is 21.0 Å². The Hall–Kier alpha value is -3.26. The number of fused-ring (bicyclic) bond motifs is 1. The van der Waals surface area contributed by atoms with E-state index < -0.39 is 0 Å². The van der Waals surface area contributed by atoms with E-state index in [1.807, 2.05) is 42.5 Å². The summed E-state index contributed by atoms with van der Waals surface area (Å²) in [5, 5.41) is 5.76. The molecular weight excluding hydrogens is 479 g/mol. The third-order valence-corrected chi connectivity index (χ3v) is 6.67. The van der Waals surface area contributed by atoms with Gasteiger partial charge in [0, 0.05) is 16.8 Å². The van der Waals surface area contributed by atoms with Gasteiger partial charge in [-0.2, -0.15) is 0 Å². The van der Waals surface area contributed by atoms with Crippen molar-refractivity contribution < 1.29 is 9.32 Å². The van der Waals surface area contributed by atoms with Gasteiger partial charge in [0.15, 0.2) is 5.13 Å². The quantitative estimate of drug-likeness (QED) is 0.268. The van der Waals surface area contributed by atoms with E-state index in [9.17, 15) is 4.79 Å². The maximum atomic E-state index is 14.0. The fraction of sp³-hybridized carbons (Fsp3) is 0.0833. The molecular formula is C24H16Cl2N4O2S. The molecule has 0 saturated carbocycles. The van der Waals surface area contributed by atoms with Crippen molar-refractivity contribution in [2.75, 3.05) is 4.90 Å². The number of hydrogen-bond donors (Lipinski definition) is 0. The first-order valence-electron chi connectivity index (χ1n) is 10.0. The lowest BCUT2D eigenvalue weighted by Gasteiger charge is -2.19. The van der Waals surface area contributed by atoms with E-state index in [1.54, 1.807) is 36.2 Å². The molecule has 0 saturated heterocycles. The molecule has 2 aromatic carbocycles. The van der Waals surface area contributed by atoms with Crippen LogP contribution in [0.1, 0.15) is 21.8 Å². The molecule has 0 bridgehead atoms. The summed E-state index contributed by atoms with van der Waals surface area (Å²) in [6, 6.07) is 18.2. The molecule has 0 aliphatic heterocycles. The Morgan fingerprint density at radius 2 is 1.91 bits per heavy atom. The first kappa shape index (κ1) is 21.6. The van der Waals surface area contributed by atoms with E-state index in [4.69, 9.17) is 32.7 Å². The monoisotopic (exact) mass is 494 g/mol. The van der Waals surface area contributed by atoms with E-state index in [-0.39, 0.29) is 12.5 Å². The molecule has 33 heavy (non-hydrogen) atoms. The molecule has 9 heteroatoms. The molecule has 164 valence electrons. The Kier molecular flexibility index (Phi) is 5.85. The largest absolute Gasteiger partial charge is 0.360 e. The predicted octanol–water partition coefficient (Wildman–Crippen LogP) is 6.81. The van der Waals surface area contributed by atoms with Crippen molar-refractivity contribution >= 4 is 55.8 Å². The number of thiazole rings is 1. The lowest BCUT2D eigenvalue weighted by atomic mass is 10.0. The average Bonchev–Trinajstić information content (AvgIpc) is 3.41. The summed E-state index contributed by atoms with van der Waals surface area (Å²) in [4.78, 5) is 24.6. The van der Waals surface area contributed by atoms with Gasteiger partial charge in [-0.05, 0) is 43.3 Å². The van der Waals surface area contributed by atoms with E-state index in [0.717, 1.165) is 15.9 Å². The van der Waals surface area contributed by atoms with Crippen molar-refractivity contribution in [3.05, 3.63) is 93.9 Å². The van der Waals surface area contributed by atoms with Crippen LogP contribution in [0.25, 0.3) is 21.5 Å². The van der Waals surface area contributed by atoms with Gasteiger partial charge >= 0.3 is 0 Å². The molecule has 3 heterocycles. The molecule has 3 aromatic heterocycles. The maximum Gasteiger partial charge on any atom is 0.266 e. The second kappa shape index (κ2) is 8.94. The zero-order valence-corrected chi connectivity index (χ0v) is 19.7. The lowest BCUT2D eigenvalue weighted by molar-refractivity contribution is 0.0984.